The van der Waals surface area contributed by atoms with Crippen molar-refractivity contribution in [2.45, 2.75) is 44.3 Å². The van der Waals surface area contributed by atoms with E-state index in [4.69, 9.17) is 14.2 Å². The lowest BCUT2D eigenvalue weighted by Gasteiger charge is -2.43. The Morgan fingerprint density at radius 2 is 1.71 bits per heavy atom. The first kappa shape index (κ1) is 12.2. The van der Waals surface area contributed by atoms with Gasteiger partial charge in [-0.3, -0.25) is 0 Å². The second-order valence-corrected chi connectivity index (χ2v) is 4.86. The van der Waals surface area contributed by atoms with Gasteiger partial charge in [-0.05, 0) is 13.0 Å². The molecule has 0 aromatic rings. The molecular weight excluding hydrogens is 196 g/mol. The van der Waals surface area contributed by atoms with Crippen molar-refractivity contribution in [3.05, 3.63) is 0 Å². The van der Waals surface area contributed by atoms with Crippen LogP contribution in [0.2, 0.25) is 6.04 Å². The van der Waals surface area contributed by atoms with Crippen molar-refractivity contribution < 1.29 is 14.2 Å². The largest absolute Gasteiger partial charge is 0.378 e. The second-order valence-electron chi connectivity index (χ2n) is 4.05. The third-order valence-electron chi connectivity index (χ3n) is 3.23. The summed E-state index contributed by atoms with van der Waals surface area (Å²) >= 11 is 0. The highest BCUT2D eigenvalue weighted by atomic mass is 28.1. The van der Waals surface area contributed by atoms with Crippen molar-refractivity contribution in [3.8, 4) is 0 Å². The van der Waals surface area contributed by atoms with Crippen molar-refractivity contribution in [3.63, 3.8) is 0 Å². The van der Waals surface area contributed by atoms with E-state index in [0.717, 1.165) is 0 Å². The highest BCUT2D eigenvalue weighted by Gasteiger charge is 2.41. The summed E-state index contributed by atoms with van der Waals surface area (Å²) in [5, 5.41) is 0. The van der Waals surface area contributed by atoms with Crippen LogP contribution in [-0.2, 0) is 14.2 Å². The molecule has 0 bridgehead atoms. The Morgan fingerprint density at radius 3 is 2.14 bits per heavy atom. The van der Waals surface area contributed by atoms with Gasteiger partial charge in [-0.2, -0.15) is 0 Å². The molecule has 3 nitrogen and oxygen atoms in total. The summed E-state index contributed by atoms with van der Waals surface area (Å²) in [5.41, 5.74) is 0. The first-order chi connectivity index (χ1) is 6.65. The van der Waals surface area contributed by atoms with Crippen LogP contribution >= 0.6 is 0 Å². The van der Waals surface area contributed by atoms with Crippen LogP contribution < -0.4 is 0 Å². The van der Waals surface area contributed by atoms with Crippen molar-refractivity contribution in [1.82, 2.24) is 0 Å². The Morgan fingerprint density at radius 1 is 1.14 bits per heavy atom. The fraction of sp³-hybridized carbons (Fsp3) is 1.00. The van der Waals surface area contributed by atoms with Crippen LogP contribution in [0.25, 0.3) is 0 Å². The maximum atomic E-state index is 5.91. The molecule has 1 heterocycles. The first-order valence-corrected chi connectivity index (χ1v) is 6.78. The Kier molecular flexibility index (Phi) is 4.57. The normalized spacial score (nSPS) is 44.1. The van der Waals surface area contributed by atoms with Gasteiger partial charge in [0, 0.05) is 30.4 Å². The topological polar surface area (TPSA) is 27.7 Å². The van der Waals surface area contributed by atoms with Gasteiger partial charge in [0.25, 0.3) is 0 Å². The predicted molar refractivity (Wildman–Crippen MR) is 59.8 cm³/mol. The van der Waals surface area contributed by atoms with E-state index >= 15 is 0 Å². The summed E-state index contributed by atoms with van der Waals surface area (Å²) in [6, 6.07) is 1.17. The molecule has 14 heavy (non-hydrogen) atoms. The van der Waals surface area contributed by atoms with E-state index in [1.165, 1.54) is 16.3 Å². The molecule has 0 saturated carbocycles. The highest BCUT2D eigenvalue weighted by molar-refractivity contribution is 6.08. The lowest BCUT2D eigenvalue weighted by molar-refractivity contribution is -0.202. The molecule has 5 atom stereocenters. The third-order valence-corrected chi connectivity index (χ3v) is 4.03. The smallest absolute Gasteiger partial charge is 0.109 e. The zero-order chi connectivity index (χ0) is 10.7. The van der Waals surface area contributed by atoms with Gasteiger partial charge in [0.05, 0.1) is 18.3 Å². The number of rotatable bonds is 3. The van der Waals surface area contributed by atoms with Crippen molar-refractivity contribution in [2.75, 3.05) is 14.2 Å². The fourth-order valence-corrected chi connectivity index (χ4v) is 3.33. The van der Waals surface area contributed by atoms with Crippen LogP contribution in [0.4, 0.5) is 0 Å². The Bertz CT molecular complexity index is 177. The van der Waals surface area contributed by atoms with Gasteiger partial charge in [-0.25, -0.2) is 0 Å². The summed E-state index contributed by atoms with van der Waals surface area (Å²) in [7, 11) is 4.66. The summed E-state index contributed by atoms with van der Waals surface area (Å²) in [4.78, 5) is 0. The molecule has 0 spiro atoms. The first-order valence-electron chi connectivity index (χ1n) is 5.36. The minimum absolute atomic E-state index is 0.0690. The zero-order valence-corrected chi connectivity index (χ0v) is 11.8. The van der Waals surface area contributed by atoms with Crippen LogP contribution in [0.3, 0.4) is 0 Å². The molecule has 0 aliphatic carbocycles. The van der Waals surface area contributed by atoms with Gasteiger partial charge in [0.15, 0.2) is 0 Å². The summed E-state index contributed by atoms with van der Waals surface area (Å²) in [6.07, 6.45) is 0.732. The van der Waals surface area contributed by atoms with E-state index < -0.39 is 0 Å². The van der Waals surface area contributed by atoms with E-state index in [2.05, 4.69) is 13.8 Å². The standard InChI is InChI=1S/C10H22O3Si/c1-6-8(5-14)13-7(2)10(12-4)9(6)11-3/h6-10H,5H2,1-4,14H3/t6-,7-,8?,9?,10+/m0/s1. The molecule has 0 radical (unpaired) electrons. The number of hydrogen-bond donors (Lipinski definition) is 0. The fourth-order valence-electron chi connectivity index (χ4n) is 2.40. The van der Waals surface area contributed by atoms with Crippen molar-refractivity contribution in [2.24, 2.45) is 5.92 Å². The van der Waals surface area contributed by atoms with Gasteiger partial charge in [-0.15, -0.1) is 0 Å². The molecule has 0 amide bonds. The van der Waals surface area contributed by atoms with Gasteiger partial charge >= 0.3 is 0 Å². The molecule has 84 valence electrons. The lowest BCUT2D eigenvalue weighted by Crippen LogP contribution is -2.53. The summed E-state index contributed by atoms with van der Waals surface area (Å²) < 4.78 is 16.9. The van der Waals surface area contributed by atoms with Gasteiger partial charge < -0.3 is 14.2 Å². The molecule has 0 aromatic carbocycles. The van der Waals surface area contributed by atoms with Crippen LogP contribution in [0.15, 0.2) is 0 Å². The summed E-state index contributed by atoms with van der Waals surface area (Å²) in [5.74, 6) is 0.429. The Hall–Kier alpha value is 0.0969. The van der Waals surface area contributed by atoms with Gasteiger partial charge in [0.2, 0.25) is 0 Å². The molecule has 0 N–H and O–H groups in total. The molecule has 0 aromatic heterocycles. The van der Waals surface area contributed by atoms with Crippen LogP contribution in [0, 0.1) is 5.92 Å². The van der Waals surface area contributed by atoms with Gasteiger partial charge in [0.1, 0.15) is 6.10 Å². The molecule has 2 unspecified atom stereocenters. The average Bonchev–Trinajstić information content (AvgIpc) is 2.20. The van der Waals surface area contributed by atoms with E-state index in [9.17, 15) is 0 Å². The van der Waals surface area contributed by atoms with Crippen molar-refractivity contribution >= 4 is 10.2 Å². The molecular formula is C10H22O3Si. The van der Waals surface area contributed by atoms with Crippen molar-refractivity contribution in [1.29, 1.82) is 0 Å². The quantitative estimate of drug-likeness (QED) is 0.635. The molecule has 1 fully saturated rings. The van der Waals surface area contributed by atoms with E-state index in [-0.39, 0.29) is 18.3 Å². The van der Waals surface area contributed by atoms with E-state index in [0.29, 0.717) is 12.0 Å². The van der Waals surface area contributed by atoms with Crippen LogP contribution in [0.1, 0.15) is 13.8 Å². The number of ether oxygens (including phenoxy) is 3. The Labute approximate surface area is 89.5 Å². The molecule has 1 aliphatic rings. The maximum absolute atomic E-state index is 5.91. The average molecular weight is 218 g/mol. The van der Waals surface area contributed by atoms with Crippen LogP contribution in [0.5, 0.6) is 0 Å². The molecule has 4 heteroatoms. The predicted octanol–water partition coefficient (Wildman–Crippen LogP) is 0.224. The minimum Gasteiger partial charge on any atom is -0.378 e. The monoisotopic (exact) mass is 218 g/mol. The number of hydrogen-bond acceptors (Lipinski definition) is 3. The number of methoxy groups -OCH3 is 2. The zero-order valence-electron chi connectivity index (χ0n) is 9.82. The van der Waals surface area contributed by atoms with Gasteiger partial charge in [-0.1, -0.05) is 6.92 Å². The lowest BCUT2D eigenvalue weighted by atomic mass is 9.89. The molecule has 1 saturated heterocycles. The molecule has 1 aliphatic heterocycles. The van der Waals surface area contributed by atoms with E-state index in [1.54, 1.807) is 14.2 Å². The summed E-state index contributed by atoms with van der Waals surface area (Å²) in [6.45, 7) is 4.25. The SMILES string of the molecule is COC1[C@@H](C)C(C[SiH3])O[C@@H](C)[C@H]1OC. The van der Waals surface area contributed by atoms with Crippen LogP contribution in [-0.4, -0.2) is 48.9 Å². The molecule has 1 rings (SSSR count). The second kappa shape index (κ2) is 5.26. The third kappa shape index (κ3) is 2.19. The minimum atomic E-state index is 0.0690. The Balaban J connectivity index is 2.73. The highest BCUT2D eigenvalue weighted by Crippen LogP contribution is 2.30. The maximum Gasteiger partial charge on any atom is 0.109 e. The van der Waals surface area contributed by atoms with E-state index in [1.807, 2.05) is 0 Å².